The summed E-state index contributed by atoms with van der Waals surface area (Å²) in [4.78, 5) is 0. The minimum absolute atomic E-state index is 0.140. The monoisotopic (exact) mass is 268 g/mol. The zero-order valence-corrected chi connectivity index (χ0v) is 10.7. The first-order valence-corrected chi connectivity index (χ1v) is 5.50. The predicted molar refractivity (Wildman–Crippen MR) is 62.9 cm³/mol. The van der Waals surface area contributed by atoms with Gasteiger partial charge in [0.05, 0.1) is 10.9 Å². The second kappa shape index (κ2) is 5.37. The van der Waals surface area contributed by atoms with Gasteiger partial charge in [0.25, 0.3) is 0 Å². The van der Waals surface area contributed by atoms with Crippen LogP contribution in [0.25, 0.3) is 0 Å². The van der Waals surface area contributed by atoms with Crippen molar-refractivity contribution in [3.05, 3.63) is 33.8 Å². The molecule has 0 saturated heterocycles. The van der Waals surface area contributed by atoms with Crippen molar-refractivity contribution in [2.75, 3.05) is 20.1 Å². The van der Waals surface area contributed by atoms with E-state index in [0.29, 0.717) is 15.6 Å². The van der Waals surface area contributed by atoms with E-state index in [1.807, 2.05) is 0 Å². The first-order chi connectivity index (χ1) is 7.09. The van der Waals surface area contributed by atoms with Gasteiger partial charge < -0.3 is 9.47 Å². The summed E-state index contributed by atoms with van der Waals surface area (Å²) in [6.45, 7) is 0. The Labute approximate surface area is 104 Å². The lowest BCUT2D eigenvalue weighted by atomic mass is 10.1. The molecule has 0 saturated carbocycles. The number of rotatable bonds is 4. The Morgan fingerprint density at radius 2 is 1.80 bits per heavy atom. The van der Waals surface area contributed by atoms with Gasteiger partial charge in [0, 0.05) is 24.8 Å². The molecule has 0 aromatic heterocycles. The van der Waals surface area contributed by atoms with Crippen molar-refractivity contribution in [2.45, 2.75) is 5.79 Å². The summed E-state index contributed by atoms with van der Waals surface area (Å²) in [6, 6.07) is 5.07. The molecule has 2 nitrogen and oxygen atoms in total. The molecule has 0 heterocycles. The van der Waals surface area contributed by atoms with Gasteiger partial charge in [0.2, 0.25) is 5.79 Å². The zero-order chi connectivity index (χ0) is 11.5. The van der Waals surface area contributed by atoms with E-state index in [4.69, 9.17) is 44.3 Å². The van der Waals surface area contributed by atoms with E-state index in [1.54, 1.807) is 18.2 Å². The maximum atomic E-state index is 6.05. The highest BCUT2D eigenvalue weighted by Gasteiger charge is 2.33. The molecule has 0 atom stereocenters. The Morgan fingerprint density at radius 3 is 2.20 bits per heavy atom. The lowest BCUT2D eigenvalue weighted by molar-refractivity contribution is -0.198. The number of alkyl halides is 1. The summed E-state index contributed by atoms with van der Waals surface area (Å²) < 4.78 is 10.5. The van der Waals surface area contributed by atoms with Crippen LogP contribution in [0, 0.1) is 0 Å². The van der Waals surface area contributed by atoms with Crippen LogP contribution < -0.4 is 0 Å². The zero-order valence-electron chi connectivity index (χ0n) is 8.39. The number of hydrogen-bond donors (Lipinski definition) is 0. The summed E-state index contributed by atoms with van der Waals surface area (Å²) in [7, 11) is 3.02. The molecule has 0 fully saturated rings. The van der Waals surface area contributed by atoms with Gasteiger partial charge in [-0.1, -0.05) is 29.3 Å². The van der Waals surface area contributed by atoms with Crippen LogP contribution in [-0.4, -0.2) is 20.1 Å². The standard InChI is InChI=1S/C10H11Cl3O2/c1-14-10(6-11,15-2)8-4-3-7(12)5-9(8)13/h3-5H,6H2,1-2H3. The summed E-state index contributed by atoms with van der Waals surface area (Å²) in [5.41, 5.74) is 0.661. The van der Waals surface area contributed by atoms with E-state index in [1.165, 1.54) is 14.2 Å². The Hall–Kier alpha value is 0.01000. The fourth-order valence-corrected chi connectivity index (χ4v) is 2.20. The van der Waals surface area contributed by atoms with Crippen molar-refractivity contribution >= 4 is 34.8 Å². The molecule has 0 radical (unpaired) electrons. The van der Waals surface area contributed by atoms with Gasteiger partial charge in [-0.25, -0.2) is 0 Å². The van der Waals surface area contributed by atoms with Crippen molar-refractivity contribution in [3.63, 3.8) is 0 Å². The lowest BCUT2D eigenvalue weighted by Crippen LogP contribution is -2.33. The SMILES string of the molecule is COC(CCl)(OC)c1ccc(Cl)cc1Cl. The number of ether oxygens (including phenoxy) is 2. The topological polar surface area (TPSA) is 18.5 Å². The fourth-order valence-electron chi connectivity index (χ4n) is 1.28. The smallest absolute Gasteiger partial charge is 0.209 e. The van der Waals surface area contributed by atoms with Crippen LogP contribution in [0.2, 0.25) is 10.0 Å². The Kier molecular flexibility index (Phi) is 4.68. The molecule has 0 bridgehead atoms. The molecule has 0 amide bonds. The second-order valence-electron chi connectivity index (χ2n) is 2.92. The third-order valence-corrected chi connectivity index (χ3v) is 3.08. The lowest BCUT2D eigenvalue weighted by Gasteiger charge is -2.29. The van der Waals surface area contributed by atoms with Gasteiger partial charge in [0.15, 0.2) is 0 Å². The quantitative estimate of drug-likeness (QED) is 0.613. The number of benzene rings is 1. The van der Waals surface area contributed by atoms with Crippen molar-refractivity contribution in [1.29, 1.82) is 0 Å². The molecule has 0 unspecified atom stereocenters. The predicted octanol–water partition coefficient (Wildman–Crippen LogP) is 3.68. The molecule has 0 spiro atoms. The second-order valence-corrected chi connectivity index (χ2v) is 4.03. The van der Waals surface area contributed by atoms with E-state index in [0.717, 1.165) is 0 Å². The van der Waals surface area contributed by atoms with Gasteiger partial charge in [-0.2, -0.15) is 0 Å². The minimum atomic E-state index is -1.02. The highest BCUT2D eigenvalue weighted by Crippen LogP contribution is 2.34. The van der Waals surface area contributed by atoms with Crippen molar-refractivity contribution in [2.24, 2.45) is 0 Å². The third kappa shape index (κ3) is 2.58. The molecule has 0 N–H and O–H groups in total. The maximum absolute atomic E-state index is 6.05. The third-order valence-electron chi connectivity index (χ3n) is 2.18. The van der Waals surface area contributed by atoms with Crippen molar-refractivity contribution in [1.82, 2.24) is 0 Å². The summed E-state index contributed by atoms with van der Waals surface area (Å²) in [5.74, 6) is -0.884. The van der Waals surface area contributed by atoms with Gasteiger partial charge in [-0.15, -0.1) is 11.6 Å². The largest absolute Gasteiger partial charge is 0.348 e. The molecule has 1 aromatic carbocycles. The summed E-state index contributed by atoms with van der Waals surface area (Å²) in [5, 5.41) is 1.02. The maximum Gasteiger partial charge on any atom is 0.209 e. The van der Waals surface area contributed by atoms with Crippen molar-refractivity contribution < 1.29 is 9.47 Å². The van der Waals surface area contributed by atoms with Crippen LogP contribution in [0.5, 0.6) is 0 Å². The van der Waals surface area contributed by atoms with Crippen LogP contribution in [0.15, 0.2) is 18.2 Å². The molecule has 5 heteroatoms. The van der Waals surface area contributed by atoms with Gasteiger partial charge >= 0.3 is 0 Å². The molecule has 1 aromatic rings. The normalized spacial score (nSPS) is 11.8. The average Bonchev–Trinajstić information content (AvgIpc) is 2.23. The van der Waals surface area contributed by atoms with Gasteiger partial charge in [0.1, 0.15) is 0 Å². The van der Waals surface area contributed by atoms with E-state index < -0.39 is 5.79 Å². The van der Waals surface area contributed by atoms with Crippen molar-refractivity contribution in [3.8, 4) is 0 Å². The highest BCUT2D eigenvalue weighted by atomic mass is 35.5. The highest BCUT2D eigenvalue weighted by molar-refractivity contribution is 6.35. The first kappa shape index (κ1) is 13.1. The molecule has 0 aliphatic carbocycles. The van der Waals surface area contributed by atoms with E-state index >= 15 is 0 Å². The van der Waals surface area contributed by atoms with Gasteiger partial charge in [-0.05, 0) is 12.1 Å². The minimum Gasteiger partial charge on any atom is -0.348 e. The number of hydrogen-bond acceptors (Lipinski definition) is 2. The summed E-state index contributed by atoms with van der Waals surface area (Å²) in [6.07, 6.45) is 0. The summed E-state index contributed by atoms with van der Waals surface area (Å²) >= 11 is 17.7. The van der Waals surface area contributed by atoms with E-state index in [-0.39, 0.29) is 5.88 Å². The van der Waals surface area contributed by atoms with Crippen LogP contribution >= 0.6 is 34.8 Å². The Balaban J connectivity index is 3.22. The number of methoxy groups -OCH3 is 2. The molecule has 1 rings (SSSR count). The molecular weight excluding hydrogens is 258 g/mol. The molecule has 15 heavy (non-hydrogen) atoms. The number of halogens is 3. The average molecular weight is 270 g/mol. The Bertz CT molecular complexity index is 329. The van der Waals surface area contributed by atoms with Crippen LogP contribution in [0.4, 0.5) is 0 Å². The van der Waals surface area contributed by atoms with E-state index in [2.05, 4.69) is 0 Å². The fraction of sp³-hybridized carbons (Fsp3) is 0.400. The molecule has 0 aliphatic heterocycles. The van der Waals surface area contributed by atoms with Crippen LogP contribution in [0.1, 0.15) is 5.56 Å². The first-order valence-electron chi connectivity index (χ1n) is 4.21. The van der Waals surface area contributed by atoms with Crippen LogP contribution in [-0.2, 0) is 15.3 Å². The molecule has 84 valence electrons. The van der Waals surface area contributed by atoms with Gasteiger partial charge in [-0.3, -0.25) is 0 Å². The Morgan fingerprint density at radius 1 is 1.20 bits per heavy atom. The molecule has 0 aliphatic rings. The van der Waals surface area contributed by atoms with E-state index in [9.17, 15) is 0 Å². The molecular formula is C10H11Cl3O2. The van der Waals surface area contributed by atoms with Crippen LogP contribution in [0.3, 0.4) is 0 Å².